The fourth-order valence-corrected chi connectivity index (χ4v) is 3.10. The number of hydrogen-bond donors (Lipinski definition) is 0. The number of methoxy groups -OCH3 is 1. The van der Waals surface area contributed by atoms with Gasteiger partial charge in [0.25, 0.3) is 0 Å². The van der Waals surface area contributed by atoms with Gasteiger partial charge in [-0.15, -0.1) is 0 Å². The van der Waals surface area contributed by atoms with Crippen molar-refractivity contribution in [3.8, 4) is 0 Å². The fourth-order valence-electron chi connectivity index (χ4n) is 3.10. The first-order valence-corrected chi connectivity index (χ1v) is 5.70. The predicted molar refractivity (Wildman–Crippen MR) is 58.9 cm³/mol. The van der Waals surface area contributed by atoms with Crippen molar-refractivity contribution in [2.75, 3.05) is 7.11 Å². The van der Waals surface area contributed by atoms with Gasteiger partial charge in [-0.1, -0.05) is 25.0 Å². The van der Waals surface area contributed by atoms with Crippen LogP contribution in [-0.4, -0.2) is 7.11 Å². The third kappa shape index (κ3) is 1.49. The summed E-state index contributed by atoms with van der Waals surface area (Å²) in [5.74, 6) is 2.01. The molecule has 0 aromatic carbocycles. The van der Waals surface area contributed by atoms with Crippen LogP contribution in [-0.2, 0) is 4.74 Å². The van der Waals surface area contributed by atoms with Crippen LogP contribution < -0.4 is 0 Å². The van der Waals surface area contributed by atoms with Gasteiger partial charge in [-0.25, -0.2) is 0 Å². The van der Waals surface area contributed by atoms with Crippen LogP contribution in [0.25, 0.3) is 0 Å². The van der Waals surface area contributed by atoms with E-state index >= 15 is 0 Å². The summed E-state index contributed by atoms with van der Waals surface area (Å²) in [5, 5.41) is 0. The summed E-state index contributed by atoms with van der Waals surface area (Å²) in [6.07, 6.45) is 13.6. The van der Waals surface area contributed by atoms with Crippen molar-refractivity contribution in [3.05, 3.63) is 24.0 Å². The highest BCUT2D eigenvalue weighted by atomic mass is 16.5. The van der Waals surface area contributed by atoms with E-state index in [1.54, 1.807) is 7.11 Å². The van der Waals surface area contributed by atoms with Gasteiger partial charge in [-0.2, -0.15) is 0 Å². The first kappa shape index (κ1) is 9.82. The zero-order chi connectivity index (χ0) is 10.0. The molecule has 0 amide bonds. The summed E-state index contributed by atoms with van der Waals surface area (Å²) in [6, 6.07) is 0. The molecule has 1 saturated carbocycles. The standard InChI is InChI=1S/C13H20O/c1-3-7-13-8-5-4-6-11(13)9-12(10-13)14-2/h3,7,10-11H,4-6,8-9H2,1-2H3/b7-3+/t11-,13+/m0/s1. The van der Waals surface area contributed by atoms with Crippen LogP contribution in [0.2, 0.25) is 0 Å². The molecule has 0 unspecified atom stereocenters. The molecule has 0 saturated heterocycles. The number of allylic oxidation sites excluding steroid dienone is 4. The molecule has 0 bridgehead atoms. The number of ether oxygens (including phenoxy) is 1. The van der Waals surface area contributed by atoms with Gasteiger partial charge in [0, 0.05) is 11.8 Å². The van der Waals surface area contributed by atoms with E-state index in [0.29, 0.717) is 5.41 Å². The van der Waals surface area contributed by atoms with Gasteiger partial charge in [0.1, 0.15) is 0 Å². The van der Waals surface area contributed by atoms with Crippen LogP contribution in [0.1, 0.15) is 39.0 Å². The minimum absolute atomic E-state index is 0.346. The highest BCUT2D eigenvalue weighted by molar-refractivity contribution is 5.24. The Labute approximate surface area is 86.8 Å². The summed E-state index contributed by atoms with van der Waals surface area (Å²) in [7, 11) is 1.80. The lowest BCUT2D eigenvalue weighted by molar-refractivity contribution is 0.210. The molecule has 1 nitrogen and oxygen atoms in total. The molecule has 1 fully saturated rings. The van der Waals surface area contributed by atoms with Crippen molar-refractivity contribution < 1.29 is 4.74 Å². The van der Waals surface area contributed by atoms with Gasteiger partial charge < -0.3 is 4.74 Å². The molecule has 0 aliphatic heterocycles. The van der Waals surface area contributed by atoms with E-state index in [1.165, 1.54) is 31.4 Å². The van der Waals surface area contributed by atoms with Gasteiger partial charge in [-0.3, -0.25) is 0 Å². The summed E-state index contributed by atoms with van der Waals surface area (Å²) < 4.78 is 5.40. The smallest absolute Gasteiger partial charge is 0.0927 e. The van der Waals surface area contributed by atoms with Gasteiger partial charge in [0.05, 0.1) is 12.9 Å². The van der Waals surface area contributed by atoms with E-state index < -0.39 is 0 Å². The third-order valence-electron chi connectivity index (χ3n) is 3.79. The molecule has 0 radical (unpaired) electrons. The minimum Gasteiger partial charge on any atom is -0.501 e. The molecule has 2 aliphatic rings. The summed E-state index contributed by atoms with van der Waals surface area (Å²) in [4.78, 5) is 0. The monoisotopic (exact) mass is 192 g/mol. The Morgan fingerprint density at radius 1 is 1.50 bits per heavy atom. The van der Waals surface area contributed by atoms with Crippen LogP contribution in [0.3, 0.4) is 0 Å². The number of rotatable bonds is 2. The Bertz CT molecular complexity index is 264. The Balaban J connectivity index is 2.25. The Kier molecular flexibility index (Phi) is 2.66. The molecule has 2 atom stereocenters. The molecule has 78 valence electrons. The average Bonchev–Trinajstić information content (AvgIpc) is 2.56. The SMILES string of the molecule is C/C=C/[C@@]12C=C(OC)C[C@@H]1CCCC2. The normalized spacial score (nSPS) is 37.0. The molecule has 1 heteroatoms. The van der Waals surface area contributed by atoms with Crippen molar-refractivity contribution in [2.45, 2.75) is 39.0 Å². The molecule has 14 heavy (non-hydrogen) atoms. The zero-order valence-corrected chi connectivity index (χ0v) is 9.25. The van der Waals surface area contributed by atoms with Crippen molar-refractivity contribution in [3.63, 3.8) is 0 Å². The van der Waals surface area contributed by atoms with Gasteiger partial charge in [0.15, 0.2) is 0 Å². The van der Waals surface area contributed by atoms with E-state index in [4.69, 9.17) is 4.74 Å². The first-order chi connectivity index (χ1) is 6.80. The Hall–Kier alpha value is -0.720. The van der Waals surface area contributed by atoms with Crippen molar-refractivity contribution in [1.29, 1.82) is 0 Å². The van der Waals surface area contributed by atoms with Crippen molar-refractivity contribution in [2.24, 2.45) is 11.3 Å². The van der Waals surface area contributed by atoms with Crippen LogP contribution in [0.4, 0.5) is 0 Å². The Morgan fingerprint density at radius 2 is 2.36 bits per heavy atom. The Morgan fingerprint density at radius 3 is 3.07 bits per heavy atom. The highest BCUT2D eigenvalue weighted by Gasteiger charge is 2.41. The lowest BCUT2D eigenvalue weighted by Crippen LogP contribution is -2.26. The van der Waals surface area contributed by atoms with Gasteiger partial charge in [-0.05, 0) is 31.8 Å². The van der Waals surface area contributed by atoms with Gasteiger partial charge >= 0.3 is 0 Å². The highest BCUT2D eigenvalue weighted by Crippen LogP contribution is 2.51. The molecule has 0 heterocycles. The molecule has 0 aromatic heterocycles. The van der Waals surface area contributed by atoms with Crippen molar-refractivity contribution in [1.82, 2.24) is 0 Å². The summed E-state index contributed by atoms with van der Waals surface area (Å²) in [6.45, 7) is 2.12. The lowest BCUT2D eigenvalue weighted by atomic mass is 9.68. The van der Waals surface area contributed by atoms with Crippen molar-refractivity contribution >= 4 is 0 Å². The number of hydrogen-bond acceptors (Lipinski definition) is 1. The van der Waals surface area contributed by atoms with E-state index in [0.717, 1.165) is 12.3 Å². The molecular weight excluding hydrogens is 172 g/mol. The van der Waals surface area contributed by atoms with E-state index in [-0.39, 0.29) is 0 Å². The average molecular weight is 192 g/mol. The van der Waals surface area contributed by atoms with Crippen LogP contribution in [0, 0.1) is 11.3 Å². The second-order valence-electron chi connectivity index (χ2n) is 4.57. The second kappa shape index (κ2) is 3.80. The maximum Gasteiger partial charge on any atom is 0.0927 e. The lowest BCUT2D eigenvalue weighted by Gasteiger charge is -2.35. The molecule has 2 aliphatic carbocycles. The van der Waals surface area contributed by atoms with E-state index in [9.17, 15) is 0 Å². The first-order valence-electron chi connectivity index (χ1n) is 5.70. The molecule has 2 rings (SSSR count). The minimum atomic E-state index is 0.346. The largest absolute Gasteiger partial charge is 0.501 e. The summed E-state index contributed by atoms with van der Waals surface area (Å²) in [5.41, 5.74) is 0.346. The molecule has 0 N–H and O–H groups in total. The zero-order valence-electron chi connectivity index (χ0n) is 9.25. The van der Waals surface area contributed by atoms with Gasteiger partial charge in [0.2, 0.25) is 0 Å². The topological polar surface area (TPSA) is 9.23 Å². The summed E-state index contributed by atoms with van der Waals surface area (Å²) >= 11 is 0. The molecular formula is C13H20O. The molecule has 0 aromatic rings. The molecule has 0 spiro atoms. The number of fused-ring (bicyclic) bond motifs is 1. The van der Waals surface area contributed by atoms with E-state index in [1.807, 2.05) is 0 Å². The third-order valence-corrected chi connectivity index (χ3v) is 3.79. The maximum atomic E-state index is 5.40. The van der Waals surface area contributed by atoms with Crippen LogP contribution in [0.15, 0.2) is 24.0 Å². The second-order valence-corrected chi connectivity index (χ2v) is 4.57. The maximum absolute atomic E-state index is 5.40. The van der Waals surface area contributed by atoms with E-state index in [2.05, 4.69) is 25.2 Å². The fraction of sp³-hybridized carbons (Fsp3) is 0.692. The van der Waals surface area contributed by atoms with Crippen LogP contribution in [0.5, 0.6) is 0 Å². The predicted octanol–water partition coefficient (Wildman–Crippen LogP) is 3.67. The quantitative estimate of drug-likeness (QED) is 0.606. The van der Waals surface area contributed by atoms with Crippen LogP contribution >= 0.6 is 0 Å².